The first-order valence-corrected chi connectivity index (χ1v) is 7.45. The fourth-order valence-electron chi connectivity index (χ4n) is 1.98. The molecule has 2 rings (SSSR count). The molecule has 1 heterocycles. The lowest BCUT2D eigenvalue weighted by Gasteiger charge is -2.14. The van der Waals surface area contributed by atoms with E-state index in [1.165, 1.54) is 10.4 Å². The van der Waals surface area contributed by atoms with Gasteiger partial charge in [-0.2, -0.15) is 0 Å². The van der Waals surface area contributed by atoms with Crippen molar-refractivity contribution in [3.05, 3.63) is 52.2 Å². The number of urea groups is 1. The summed E-state index contributed by atoms with van der Waals surface area (Å²) in [7, 11) is 0. The second-order valence-corrected chi connectivity index (χ2v) is 5.65. The molecule has 4 nitrogen and oxygen atoms in total. The molecule has 0 aliphatic rings. The van der Waals surface area contributed by atoms with Gasteiger partial charge in [0.25, 0.3) is 0 Å². The van der Waals surface area contributed by atoms with Crippen LogP contribution in [0.3, 0.4) is 0 Å². The summed E-state index contributed by atoms with van der Waals surface area (Å²) in [5.74, 6) is 0. The van der Waals surface area contributed by atoms with Crippen LogP contribution in [0.5, 0.6) is 0 Å². The third kappa shape index (κ3) is 4.36. The Labute approximate surface area is 123 Å². The first kappa shape index (κ1) is 14.6. The molecule has 0 aliphatic heterocycles. The highest BCUT2D eigenvalue weighted by Crippen LogP contribution is 2.16. The predicted molar refractivity (Wildman–Crippen MR) is 84.1 cm³/mol. The van der Waals surface area contributed by atoms with E-state index in [2.05, 4.69) is 35.1 Å². The van der Waals surface area contributed by atoms with Gasteiger partial charge in [-0.3, -0.25) is 0 Å². The molecule has 2 aromatic rings. The van der Waals surface area contributed by atoms with Crippen molar-refractivity contribution in [3.63, 3.8) is 0 Å². The summed E-state index contributed by atoms with van der Waals surface area (Å²) in [5, 5.41) is 8.14. The number of anilines is 1. The SMILES string of the molecule is CC(NCCc1cccs1)c1ccc(NC(N)=O)cc1. The quantitative estimate of drug-likeness (QED) is 0.765. The number of hydrogen-bond acceptors (Lipinski definition) is 3. The van der Waals surface area contributed by atoms with Crippen molar-refractivity contribution in [3.8, 4) is 0 Å². The predicted octanol–water partition coefficient (Wildman–Crippen LogP) is 3.13. The molecule has 0 radical (unpaired) electrons. The standard InChI is InChI=1S/C15H19N3OS/c1-11(17-9-8-14-3-2-10-20-14)12-4-6-13(7-5-12)18-15(16)19/h2-7,10-11,17H,8-9H2,1H3,(H3,16,18,19). The molecule has 1 unspecified atom stereocenters. The number of carbonyl (C=O) groups excluding carboxylic acids is 1. The zero-order chi connectivity index (χ0) is 14.4. The Bertz CT molecular complexity index is 537. The lowest BCUT2D eigenvalue weighted by Crippen LogP contribution is -2.21. The fraction of sp³-hybridized carbons (Fsp3) is 0.267. The normalized spacial score (nSPS) is 12.1. The first-order chi connectivity index (χ1) is 9.65. The van der Waals surface area contributed by atoms with Crippen molar-refractivity contribution in [2.45, 2.75) is 19.4 Å². The summed E-state index contributed by atoms with van der Waals surface area (Å²) in [6.07, 6.45) is 1.04. The van der Waals surface area contributed by atoms with Crippen LogP contribution in [0.25, 0.3) is 0 Å². The average Bonchev–Trinajstić information content (AvgIpc) is 2.92. The molecule has 0 bridgehead atoms. The molecule has 4 N–H and O–H groups in total. The number of hydrogen-bond donors (Lipinski definition) is 3. The maximum Gasteiger partial charge on any atom is 0.316 e. The number of thiophene rings is 1. The molecular formula is C15H19N3OS. The van der Waals surface area contributed by atoms with E-state index in [-0.39, 0.29) is 6.04 Å². The monoisotopic (exact) mass is 289 g/mol. The summed E-state index contributed by atoms with van der Waals surface area (Å²) < 4.78 is 0. The van der Waals surface area contributed by atoms with E-state index in [4.69, 9.17) is 5.73 Å². The van der Waals surface area contributed by atoms with Gasteiger partial charge in [-0.1, -0.05) is 18.2 Å². The average molecular weight is 289 g/mol. The fourth-order valence-corrected chi connectivity index (χ4v) is 2.69. The largest absolute Gasteiger partial charge is 0.351 e. The van der Waals surface area contributed by atoms with Crippen LogP contribution in [0.15, 0.2) is 41.8 Å². The molecule has 5 heteroatoms. The summed E-state index contributed by atoms with van der Waals surface area (Å²) >= 11 is 1.79. The van der Waals surface area contributed by atoms with E-state index >= 15 is 0 Å². The number of primary amides is 1. The van der Waals surface area contributed by atoms with Gasteiger partial charge in [-0.15, -0.1) is 11.3 Å². The lowest BCUT2D eigenvalue weighted by atomic mass is 10.1. The van der Waals surface area contributed by atoms with Crippen molar-refractivity contribution in [1.29, 1.82) is 0 Å². The van der Waals surface area contributed by atoms with E-state index < -0.39 is 6.03 Å². The van der Waals surface area contributed by atoms with E-state index in [1.807, 2.05) is 24.3 Å². The second-order valence-electron chi connectivity index (χ2n) is 4.62. The number of amides is 2. The Morgan fingerprint density at radius 3 is 2.65 bits per heavy atom. The highest BCUT2D eigenvalue weighted by atomic mass is 32.1. The number of carbonyl (C=O) groups is 1. The summed E-state index contributed by atoms with van der Waals surface area (Å²) in [6.45, 7) is 3.08. The molecule has 0 saturated heterocycles. The van der Waals surface area contributed by atoms with Gasteiger partial charge in [0, 0.05) is 23.2 Å². The topological polar surface area (TPSA) is 67.2 Å². The Morgan fingerprint density at radius 1 is 1.30 bits per heavy atom. The van der Waals surface area contributed by atoms with Crippen molar-refractivity contribution < 1.29 is 4.79 Å². The molecule has 0 aliphatic carbocycles. The van der Waals surface area contributed by atoms with Crippen LogP contribution in [0.2, 0.25) is 0 Å². The molecule has 1 atom stereocenters. The van der Waals surface area contributed by atoms with Crippen LogP contribution >= 0.6 is 11.3 Å². The van der Waals surface area contributed by atoms with Gasteiger partial charge >= 0.3 is 6.03 Å². The second kappa shape index (κ2) is 7.07. The first-order valence-electron chi connectivity index (χ1n) is 6.57. The third-order valence-corrected chi connectivity index (χ3v) is 4.02. The van der Waals surface area contributed by atoms with Gasteiger partial charge in [0.05, 0.1) is 0 Å². The third-order valence-electron chi connectivity index (χ3n) is 3.08. The van der Waals surface area contributed by atoms with Crippen molar-refractivity contribution >= 4 is 23.1 Å². The van der Waals surface area contributed by atoms with Crippen molar-refractivity contribution in [2.24, 2.45) is 5.73 Å². The number of nitrogens with one attached hydrogen (secondary N) is 2. The Kier molecular flexibility index (Phi) is 5.15. The minimum Gasteiger partial charge on any atom is -0.351 e. The van der Waals surface area contributed by atoms with E-state index in [9.17, 15) is 4.79 Å². The number of nitrogens with two attached hydrogens (primary N) is 1. The highest BCUT2D eigenvalue weighted by Gasteiger charge is 2.05. The van der Waals surface area contributed by atoms with Crippen LogP contribution in [0.1, 0.15) is 23.4 Å². The van der Waals surface area contributed by atoms with Gasteiger partial charge in [-0.05, 0) is 42.5 Å². The Hall–Kier alpha value is -1.85. The van der Waals surface area contributed by atoms with Gasteiger partial charge in [-0.25, -0.2) is 4.79 Å². The minimum atomic E-state index is -0.542. The maximum absolute atomic E-state index is 10.7. The zero-order valence-electron chi connectivity index (χ0n) is 11.4. The maximum atomic E-state index is 10.7. The number of rotatable bonds is 6. The van der Waals surface area contributed by atoms with E-state index in [1.54, 1.807) is 11.3 Å². The molecule has 0 spiro atoms. The van der Waals surface area contributed by atoms with Crippen LogP contribution in [0, 0.1) is 0 Å². The molecule has 0 fully saturated rings. The molecule has 2 amide bonds. The summed E-state index contributed by atoms with van der Waals surface area (Å²) in [5.41, 5.74) is 6.97. The van der Waals surface area contributed by atoms with Gasteiger partial charge in [0.2, 0.25) is 0 Å². The van der Waals surface area contributed by atoms with E-state index in [0.717, 1.165) is 13.0 Å². The van der Waals surface area contributed by atoms with Crippen LogP contribution in [-0.2, 0) is 6.42 Å². The van der Waals surface area contributed by atoms with Crippen LogP contribution in [-0.4, -0.2) is 12.6 Å². The van der Waals surface area contributed by atoms with Crippen molar-refractivity contribution in [2.75, 3.05) is 11.9 Å². The number of benzene rings is 1. The van der Waals surface area contributed by atoms with Crippen molar-refractivity contribution in [1.82, 2.24) is 5.32 Å². The highest BCUT2D eigenvalue weighted by molar-refractivity contribution is 7.09. The smallest absolute Gasteiger partial charge is 0.316 e. The van der Waals surface area contributed by atoms with Crippen LogP contribution in [0.4, 0.5) is 10.5 Å². The van der Waals surface area contributed by atoms with E-state index in [0.29, 0.717) is 5.69 Å². The Morgan fingerprint density at radius 2 is 2.05 bits per heavy atom. The molecule has 0 saturated carbocycles. The summed E-state index contributed by atoms with van der Waals surface area (Å²) in [6, 6.07) is 11.7. The lowest BCUT2D eigenvalue weighted by molar-refractivity contribution is 0.259. The minimum absolute atomic E-state index is 0.276. The van der Waals surface area contributed by atoms with Gasteiger partial charge in [0.15, 0.2) is 0 Å². The molecule has 1 aromatic carbocycles. The molecular weight excluding hydrogens is 270 g/mol. The van der Waals surface area contributed by atoms with Crippen LogP contribution < -0.4 is 16.4 Å². The molecule has 20 heavy (non-hydrogen) atoms. The zero-order valence-corrected chi connectivity index (χ0v) is 12.2. The molecule has 1 aromatic heterocycles. The van der Waals surface area contributed by atoms with Gasteiger partial charge in [0.1, 0.15) is 0 Å². The van der Waals surface area contributed by atoms with Gasteiger partial charge < -0.3 is 16.4 Å². The summed E-state index contributed by atoms with van der Waals surface area (Å²) in [4.78, 5) is 12.1. The Balaban J connectivity index is 1.82. The molecule has 106 valence electrons.